The number of benzene rings is 1. The number of hydrogen-bond acceptors (Lipinski definition) is 8. The number of amides is 1. The molecule has 0 spiro atoms. The smallest absolute Gasteiger partial charge is 0.278 e. The number of anilines is 1. The van der Waals surface area contributed by atoms with Crippen LogP contribution in [-0.4, -0.2) is 38.1 Å². The first-order chi connectivity index (χ1) is 12.3. The SMILES string of the molecule is Cc1nsnc1Cn1nnc(C(=O)Nc2ccc(S(N)(=O)=O)cc2)c1C. The van der Waals surface area contributed by atoms with Crippen LogP contribution < -0.4 is 10.5 Å². The summed E-state index contributed by atoms with van der Waals surface area (Å²) in [4.78, 5) is 12.4. The summed E-state index contributed by atoms with van der Waals surface area (Å²) < 4.78 is 32.4. The molecule has 136 valence electrons. The third-order valence-corrected chi connectivity index (χ3v) is 5.27. The number of hydrogen-bond donors (Lipinski definition) is 2. The van der Waals surface area contributed by atoms with E-state index in [2.05, 4.69) is 24.4 Å². The Morgan fingerprint density at radius 2 is 1.92 bits per heavy atom. The molecular weight excluding hydrogens is 378 g/mol. The van der Waals surface area contributed by atoms with Gasteiger partial charge < -0.3 is 5.32 Å². The number of aromatic nitrogens is 5. The molecule has 0 radical (unpaired) electrons. The van der Waals surface area contributed by atoms with Gasteiger partial charge in [-0.05, 0) is 38.1 Å². The molecule has 3 aromatic rings. The van der Waals surface area contributed by atoms with Gasteiger partial charge in [0.25, 0.3) is 5.91 Å². The van der Waals surface area contributed by atoms with Gasteiger partial charge in [0.15, 0.2) is 5.69 Å². The molecule has 26 heavy (non-hydrogen) atoms. The second-order valence-electron chi connectivity index (χ2n) is 5.50. The van der Waals surface area contributed by atoms with Gasteiger partial charge in [-0.3, -0.25) is 4.79 Å². The Bertz CT molecular complexity index is 1050. The number of sulfonamides is 1. The van der Waals surface area contributed by atoms with Crippen molar-refractivity contribution in [2.75, 3.05) is 5.32 Å². The van der Waals surface area contributed by atoms with Crippen LogP contribution in [0.2, 0.25) is 0 Å². The number of nitrogens with two attached hydrogens (primary N) is 1. The number of nitrogens with zero attached hydrogens (tertiary/aromatic N) is 5. The third-order valence-electron chi connectivity index (χ3n) is 3.68. The Kier molecular flexibility index (Phi) is 4.80. The second-order valence-corrected chi connectivity index (χ2v) is 7.59. The van der Waals surface area contributed by atoms with Gasteiger partial charge in [0.2, 0.25) is 10.0 Å². The molecule has 0 fully saturated rings. The lowest BCUT2D eigenvalue weighted by atomic mass is 10.2. The molecule has 0 atom stereocenters. The van der Waals surface area contributed by atoms with Gasteiger partial charge in [-0.15, -0.1) is 5.10 Å². The molecule has 1 aromatic carbocycles. The largest absolute Gasteiger partial charge is 0.321 e. The van der Waals surface area contributed by atoms with E-state index < -0.39 is 15.9 Å². The summed E-state index contributed by atoms with van der Waals surface area (Å²) in [7, 11) is -3.78. The first-order valence-corrected chi connectivity index (χ1v) is 9.65. The van der Waals surface area contributed by atoms with E-state index in [1.165, 1.54) is 24.3 Å². The van der Waals surface area contributed by atoms with Crippen molar-refractivity contribution in [1.29, 1.82) is 0 Å². The summed E-state index contributed by atoms with van der Waals surface area (Å²) >= 11 is 1.12. The minimum Gasteiger partial charge on any atom is -0.321 e. The monoisotopic (exact) mass is 393 g/mol. The summed E-state index contributed by atoms with van der Waals surface area (Å²) in [6, 6.07) is 5.52. The first-order valence-electron chi connectivity index (χ1n) is 7.38. The molecule has 0 aliphatic carbocycles. The Hall–Kier alpha value is -2.70. The summed E-state index contributed by atoms with van der Waals surface area (Å²) in [5.74, 6) is -0.453. The fraction of sp³-hybridized carbons (Fsp3) is 0.214. The average Bonchev–Trinajstić information content (AvgIpc) is 3.14. The van der Waals surface area contributed by atoms with Crippen molar-refractivity contribution < 1.29 is 13.2 Å². The highest BCUT2D eigenvalue weighted by Crippen LogP contribution is 2.15. The fourth-order valence-electron chi connectivity index (χ4n) is 2.17. The van der Waals surface area contributed by atoms with Crippen molar-refractivity contribution in [2.24, 2.45) is 5.14 Å². The van der Waals surface area contributed by atoms with Crippen LogP contribution >= 0.6 is 11.7 Å². The van der Waals surface area contributed by atoms with E-state index >= 15 is 0 Å². The summed E-state index contributed by atoms with van der Waals surface area (Å²) in [5, 5.41) is 15.6. The number of nitrogens with one attached hydrogen (secondary N) is 1. The maximum absolute atomic E-state index is 12.4. The van der Waals surface area contributed by atoms with Crippen molar-refractivity contribution in [2.45, 2.75) is 25.3 Å². The van der Waals surface area contributed by atoms with E-state index in [1.807, 2.05) is 6.92 Å². The lowest BCUT2D eigenvalue weighted by molar-refractivity contribution is 0.102. The predicted octanol–water partition coefficient (Wildman–Crippen LogP) is 0.694. The molecule has 0 aliphatic rings. The van der Waals surface area contributed by atoms with Crippen LogP contribution in [0.3, 0.4) is 0 Å². The molecule has 2 aromatic heterocycles. The number of aryl methyl sites for hydroxylation is 1. The van der Waals surface area contributed by atoms with Gasteiger partial charge in [-0.2, -0.15) is 8.75 Å². The number of primary sulfonamides is 1. The van der Waals surface area contributed by atoms with Crippen LogP contribution in [0.5, 0.6) is 0 Å². The molecule has 0 aliphatic heterocycles. The van der Waals surface area contributed by atoms with Crippen LogP contribution in [0.4, 0.5) is 5.69 Å². The summed E-state index contributed by atoms with van der Waals surface area (Å²) in [6.45, 7) is 3.95. The van der Waals surface area contributed by atoms with Crippen LogP contribution in [0.15, 0.2) is 29.2 Å². The zero-order valence-electron chi connectivity index (χ0n) is 13.9. The topological polar surface area (TPSA) is 146 Å². The van der Waals surface area contributed by atoms with Crippen LogP contribution in [0, 0.1) is 13.8 Å². The quantitative estimate of drug-likeness (QED) is 0.648. The van der Waals surface area contributed by atoms with Gasteiger partial charge in [0.05, 0.1) is 40.3 Å². The molecule has 0 bridgehead atoms. The normalized spacial score (nSPS) is 11.5. The van der Waals surface area contributed by atoms with Crippen molar-refractivity contribution in [3.63, 3.8) is 0 Å². The van der Waals surface area contributed by atoms with E-state index in [0.717, 1.165) is 23.1 Å². The molecule has 10 nitrogen and oxygen atoms in total. The minimum absolute atomic E-state index is 0.0372. The number of carbonyl (C=O) groups is 1. The van der Waals surface area contributed by atoms with Crippen molar-refractivity contribution in [1.82, 2.24) is 23.7 Å². The summed E-state index contributed by atoms with van der Waals surface area (Å²) in [6.07, 6.45) is 0. The highest BCUT2D eigenvalue weighted by molar-refractivity contribution is 7.89. The van der Waals surface area contributed by atoms with Crippen molar-refractivity contribution in [3.8, 4) is 0 Å². The third kappa shape index (κ3) is 3.76. The zero-order valence-corrected chi connectivity index (χ0v) is 15.5. The van der Waals surface area contributed by atoms with Crippen LogP contribution in [-0.2, 0) is 16.6 Å². The van der Waals surface area contributed by atoms with Crippen LogP contribution in [0.25, 0.3) is 0 Å². The second kappa shape index (κ2) is 6.90. The lowest BCUT2D eigenvalue weighted by Gasteiger charge is -2.05. The fourth-order valence-corrected chi connectivity index (χ4v) is 3.25. The van der Waals surface area contributed by atoms with Crippen molar-refractivity contribution in [3.05, 3.63) is 47.0 Å². The Morgan fingerprint density at radius 1 is 1.23 bits per heavy atom. The Morgan fingerprint density at radius 3 is 2.50 bits per heavy atom. The number of rotatable bonds is 5. The minimum atomic E-state index is -3.78. The van der Waals surface area contributed by atoms with Gasteiger partial charge >= 0.3 is 0 Å². The van der Waals surface area contributed by atoms with Gasteiger partial charge in [0.1, 0.15) is 0 Å². The Balaban J connectivity index is 1.75. The van der Waals surface area contributed by atoms with Gasteiger partial charge in [-0.1, -0.05) is 5.21 Å². The standard InChI is InChI=1S/C14H15N7O3S2/c1-8-12(19-25-18-8)7-21-9(2)13(17-20-21)14(22)16-10-3-5-11(6-4-10)26(15,23)24/h3-6H,7H2,1-2H3,(H,16,22)(H2,15,23,24). The molecular formula is C14H15N7O3S2. The molecule has 0 unspecified atom stereocenters. The zero-order chi connectivity index (χ0) is 18.9. The highest BCUT2D eigenvalue weighted by Gasteiger charge is 2.18. The maximum Gasteiger partial charge on any atom is 0.278 e. The molecule has 2 heterocycles. The summed E-state index contributed by atoms with van der Waals surface area (Å²) in [5.41, 5.74) is 2.74. The van der Waals surface area contributed by atoms with E-state index in [4.69, 9.17) is 5.14 Å². The molecule has 12 heteroatoms. The van der Waals surface area contributed by atoms with E-state index in [-0.39, 0.29) is 10.6 Å². The average molecular weight is 393 g/mol. The van der Waals surface area contributed by atoms with Crippen molar-refractivity contribution >= 4 is 33.3 Å². The molecule has 3 rings (SSSR count). The van der Waals surface area contributed by atoms with E-state index in [9.17, 15) is 13.2 Å². The first kappa shape index (κ1) is 18.1. The molecule has 0 saturated carbocycles. The predicted molar refractivity (Wildman–Crippen MR) is 94.3 cm³/mol. The van der Waals surface area contributed by atoms with Gasteiger partial charge in [-0.25, -0.2) is 18.2 Å². The molecule has 3 N–H and O–H groups in total. The lowest BCUT2D eigenvalue weighted by Crippen LogP contribution is -2.15. The Labute approximate surface area is 153 Å². The maximum atomic E-state index is 12.4. The van der Waals surface area contributed by atoms with Gasteiger partial charge in [0, 0.05) is 5.69 Å². The molecule has 0 saturated heterocycles. The van der Waals surface area contributed by atoms with E-state index in [1.54, 1.807) is 11.6 Å². The van der Waals surface area contributed by atoms with E-state index in [0.29, 0.717) is 17.9 Å². The van der Waals surface area contributed by atoms with Crippen LogP contribution in [0.1, 0.15) is 27.6 Å². The number of carbonyl (C=O) groups excluding carboxylic acids is 1. The highest BCUT2D eigenvalue weighted by atomic mass is 32.2. The molecule has 1 amide bonds.